The van der Waals surface area contributed by atoms with Crippen molar-refractivity contribution in [2.75, 3.05) is 6.67 Å². The minimum atomic E-state index is 0.195. The van der Waals surface area contributed by atoms with Crippen molar-refractivity contribution in [1.29, 1.82) is 0 Å². The van der Waals surface area contributed by atoms with E-state index in [9.17, 15) is 0 Å². The van der Waals surface area contributed by atoms with E-state index in [4.69, 9.17) is 17.3 Å². The normalized spacial score (nSPS) is 13.6. The highest BCUT2D eigenvalue weighted by atomic mass is 79.9. The second kappa shape index (κ2) is 5.70. The Hall–Kier alpha value is -0.0600. The van der Waals surface area contributed by atoms with Gasteiger partial charge in [-0.2, -0.15) is 0 Å². The Labute approximate surface area is 73.5 Å². The minimum absolute atomic E-state index is 0.195. The molecule has 10 heavy (non-hydrogen) atoms. The van der Waals surface area contributed by atoms with Gasteiger partial charge in [-0.3, -0.25) is 0 Å². The lowest BCUT2D eigenvalue weighted by atomic mass is 10.7. The number of nitrogens with one attached hydrogen (secondary N) is 1. The second-order valence-corrected chi connectivity index (χ2v) is 3.12. The molecule has 0 saturated carbocycles. The molecule has 0 spiro atoms. The van der Waals surface area contributed by atoms with E-state index in [0.717, 1.165) is 4.48 Å². The third-order valence-electron chi connectivity index (χ3n) is 0.620. The van der Waals surface area contributed by atoms with Gasteiger partial charge in [-0.1, -0.05) is 15.9 Å². The van der Waals surface area contributed by atoms with Crippen LogP contribution in [0.25, 0.3) is 0 Å². The van der Waals surface area contributed by atoms with Crippen molar-refractivity contribution in [3.05, 3.63) is 10.7 Å². The average molecular weight is 227 g/mol. The summed E-state index contributed by atoms with van der Waals surface area (Å²) in [6.45, 7) is 2.07. The lowest BCUT2D eigenvalue weighted by Gasteiger charge is -1.94. The minimum Gasteiger partial charge on any atom is -0.336 e. The van der Waals surface area contributed by atoms with Gasteiger partial charge in [0.1, 0.15) is 0 Å². The summed E-state index contributed by atoms with van der Waals surface area (Å²) in [5.74, 6) is 0. The Bertz CT molecular complexity index is 151. The van der Waals surface area contributed by atoms with Gasteiger partial charge in [-0.05, 0) is 18.5 Å². The summed E-state index contributed by atoms with van der Waals surface area (Å²) in [5, 5.41) is 3.00. The lowest BCUT2D eigenvalue weighted by molar-refractivity contribution is 1.05. The first-order valence-corrected chi connectivity index (χ1v) is 3.82. The van der Waals surface area contributed by atoms with Crippen LogP contribution < -0.4 is 11.1 Å². The fourth-order valence-corrected chi connectivity index (χ4v) is 0.523. The zero-order chi connectivity index (χ0) is 7.98. The van der Waals surface area contributed by atoms with E-state index in [2.05, 4.69) is 26.2 Å². The Morgan fingerprint density at radius 2 is 2.50 bits per heavy atom. The summed E-state index contributed by atoms with van der Waals surface area (Å²) >= 11 is 8.73. The Kier molecular flexibility index (Phi) is 5.67. The van der Waals surface area contributed by atoms with Gasteiger partial charge in [0.25, 0.3) is 0 Å². The summed E-state index contributed by atoms with van der Waals surface area (Å²) < 4.78 is 0.942. The van der Waals surface area contributed by atoms with Gasteiger partial charge in [0.05, 0.1) is 6.67 Å². The predicted molar refractivity (Wildman–Crippen MR) is 48.2 cm³/mol. The molecule has 0 aliphatic heterocycles. The van der Waals surface area contributed by atoms with E-state index in [1.54, 1.807) is 6.20 Å². The Morgan fingerprint density at radius 1 is 1.90 bits per heavy atom. The molecule has 0 aliphatic rings. The van der Waals surface area contributed by atoms with Crippen LogP contribution in [0.5, 0.6) is 0 Å². The number of nitrogens with two attached hydrogens (primary N) is 1. The quantitative estimate of drug-likeness (QED) is 0.424. The molecular formula is C5H9BrClN3. The van der Waals surface area contributed by atoms with Crippen molar-refractivity contribution in [3.8, 4) is 0 Å². The van der Waals surface area contributed by atoms with E-state index in [1.807, 2.05) is 6.92 Å². The van der Waals surface area contributed by atoms with Crippen molar-refractivity contribution in [2.45, 2.75) is 6.92 Å². The standard InChI is InChI=1S/C5H9BrClN3/c1-4(6)2-9-5(7)10-3-8/h2H,3,8H2,1H3,(H,9,10)/b4-2+. The van der Waals surface area contributed by atoms with Crippen LogP contribution in [0, 0.1) is 0 Å². The number of amidine groups is 1. The van der Waals surface area contributed by atoms with Gasteiger partial charge >= 0.3 is 0 Å². The average Bonchev–Trinajstić information content (AvgIpc) is 1.85. The van der Waals surface area contributed by atoms with Crippen molar-refractivity contribution >= 4 is 32.8 Å². The van der Waals surface area contributed by atoms with Crippen LogP contribution in [0.3, 0.4) is 0 Å². The van der Waals surface area contributed by atoms with E-state index < -0.39 is 0 Å². The molecular weight excluding hydrogens is 217 g/mol. The number of rotatable bonds is 2. The summed E-state index contributed by atoms with van der Waals surface area (Å²) in [4.78, 5) is 3.68. The van der Waals surface area contributed by atoms with E-state index >= 15 is 0 Å². The lowest BCUT2D eigenvalue weighted by Crippen LogP contribution is -2.12. The summed E-state index contributed by atoms with van der Waals surface area (Å²) in [6, 6.07) is 0. The van der Waals surface area contributed by atoms with Crippen molar-refractivity contribution in [2.24, 2.45) is 10.7 Å². The van der Waals surface area contributed by atoms with Gasteiger partial charge < -0.3 is 11.1 Å². The number of halogens is 2. The molecule has 5 heteroatoms. The fraction of sp³-hybridized carbons (Fsp3) is 0.400. The maximum atomic E-state index is 5.52. The highest BCUT2D eigenvalue weighted by molar-refractivity contribution is 9.11. The molecule has 0 aromatic rings. The van der Waals surface area contributed by atoms with Crippen molar-refractivity contribution in [3.63, 3.8) is 0 Å². The third kappa shape index (κ3) is 6.07. The molecule has 0 fully saturated rings. The first kappa shape index (κ1) is 9.94. The van der Waals surface area contributed by atoms with E-state index in [0.29, 0.717) is 5.29 Å². The number of hydrogen-bond acceptors (Lipinski definition) is 2. The number of allylic oxidation sites excluding steroid dienone is 1. The fourth-order valence-electron chi connectivity index (χ4n) is 0.285. The van der Waals surface area contributed by atoms with E-state index in [-0.39, 0.29) is 6.67 Å². The summed E-state index contributed by atoms with van der Waals surface area (Å²) in [6.07, 6.45) is 1.68. The number of hydrogen-bond donors (Lipinski definition) is 2. The zero-order valence-electron chi connectivity index (χ0n) is 5.56. The monoisotopic (exact) mass is 225 g/mol. The maximum absolute atomic E-state index is 5.52. The topological polar surface area (TPSA) is 50.4 Å². The molecule has 3 nitrogen and oxygen atoms in total. The zero-order valence-corrected chi connectivity index (χ0v) is 7.91. The van der Waals surface area contributed by atoms with Crippen LogP contribution in [0.2, 0.25) is 0 Å². The molecule has 0 unspecified atom stereocenters. The van der Waals surface area contributed by atoms with Gasteiger partial charge in [0.15, 0.2) is 5.29 Å². The molecule has 0 heterocycles. The molecule has 58 valence electrons. The summed E-state index contributed by atoms with van der Waals surface area (Å²) in [5.41, 5.74) is 5.09. The van der Waals surface area contributed by atoms with Gasteiger partial charge in [-0.15, -0.1) is 0 Å². The van der Waals surface area contributed by atoms with Gasteiger partial charge in [-0.25, -0.2) is 4.99 Å². The highest BCUT2D eigenvalue weighted by Crippen LogP contribution is 1.98. The molecule has 0 rings (SSSR count). The smallest absolute Gasteiger partial charge is 0.196 e. The van der Waals surface area contributed by atoms with Crippen LogP contribution in [0.15, 0.2) is 15.7 Å². The van der Waals surface area contributed by atoms with Gasteiger partial charge in [0.2, 0.25) is 0 Å². The Balaban J connectivity index is 3.69. The predicted octanol–water partition coefficient (Wildman–Crippen LogP) is 1.34. The molecule has 0 amide bonds. The molecule has 0 aliphatic carbocycles. The highest BCUT2D eigenvalue weighted by Gasteiger charge is 1.85. The van der Waals surface area contributed by atoms with Crippen molar-refractivity contribution in [1.82, 2.24) is 5.32 Å². The van der Waals surface area contributed by atoms with Gasteiger partial charge in [0, 0.05) is 10.7 Å². The van der Waals surface area contributed by atoms with E-state index in [1.165, 1.54) is 0 Å². The summed E-state index contributed by atoms with van der Waals surface area (Å²) in [7, 11) is 0. The van der Waals surface area contributed by atoms with Crippen LogP contribution >= 0.6 is 27.5 Å². The molecule has 0 saturated heterocycles. The van der Waals surface area contributed by atoms with Crippen LogP contribution in [0.4, 0.5) is 0 Å². The molecule has 0 bridgehead atoms. The number of nitrogens with zero attached hydrogens (tertiary/aromatic N) is 1. The third-order valence-corrected chi connectivity index (χ3v) is 1.08. The van der Waals surface area contributed by atoms with Crippen LogP contribution in [-0.2, 0) is 0 Å². The molecule has 0 atom stereocenters. The second-order valence-electron chi connectivity index (χ2n) is 1.51. The molecule has 0 aromatic carbocycles. The molecule has 0 aromatic heterocycles. The van der Waals surface area contributed by atoms with Crippen molar-refractivity contribution < 1.29 is 0 Å². The SMILES string of the molecule is C/C(Br)=C\NC(Cl)=NCN. The number of aliphatic imine (C=N–C) groups is 1. The van der Waals surface area contributed by atoms with Crippen LogP contribution in [-0.4, -0.2) is 12.0 Å². The maximum Gasteiger partial charge on any atom is 0.196 e. The molecule has 0 radical (unpaired) electrons. The Morgan fingerprint density at radius 3 is 2.90 bits per heavy atom. The first-order valence-electron chi connectivity index (χ1n) is 2.65. The van der Waals surface area contributed by atoms with Crippen LogP contribution in [0.1, 0.15) is 6.92 Å². The molecule has 3 N–H and O–H groups in total. The largest absolute Gasteiger partial charge is 0.336 e. The first-order chi connectivity index (χ1) is 4.66.